The lowest BCUT2D eigenvalue weighted by atomic mass is 9.81. The minimum atomic E-state index is -0.380. The van der Waals surface area contributed by atoms with E-state index in [4.69, 9.17) is 9.47 Å². The zero-order valence-electron chi connectivity index (χ0n) is 16.1. The highest BCUT2D eigenvalue weighted by molar-refractivity contribution is 5.82. The van der Waals surface area contributed by atoms with E-state index in [0.717, 1.165) is 30.6 Å². The van der Waals surface area contributed by atoms with Crippen LogP contribution in [-0.2, 0) is 15.1 Å². The Morgan fingerprint density at radius 2 is 1.84 bits per heavy atom. The van der Waals surface area contributed by atoms with E-state index < -0.39 is 0 Å². The van der Waals surface area contributed by atoms with Gasteiger partial charge in [0.05, 0.1) is 18.7 Å². The lowest BCUT2D eigenvalue weighted by Gasteiger charge is -2.40. The smallest absolute Gasteiger partial charge is 0.237 e. The number of methoxy groups -OCH3 is 1. The summed E-state index contributed by atoms with van der Waals surface area (Å²) >= 11 is 0. The van der Waals surface area contributed by atoms with Crippen LogP contribution in [0.5, 0.6) is 5.75 Å². The first-order valence-corrected chi connectivity index (χ1v) is 9.01. The summed E-state index contributed by atoms with van der Waals surface area (Å²) in [5.74, 6) is 0.869. The Morgan fingerprint density at radius 3 is 2.32 bits per heavy atom. The van der Waals surface area contributed by atoms with Crippen LogP contribution in [0.25, 0.3) is 0 Å². The molecule has 0 spiro atoms. The molecule has 0 bridgehead atoms. The highest BCUT2D eigenvalue weighted by Crippen LogP contribution is 2.33. The molecule has 1 atom stereocenters. The van der Waals surface area contributed by atoms with E-state index in [1.165, 1.54) is 0 Å². The number of carbonyl (C=O) groups is 1. The summed E-state index contributed by atoms with van der Waals surface area (Å²) in [5, 5.41) is 6.51. The molecule has 1 unspecified atom stereocenters. The van der Waals surface area contributed by atoms with Gasteiger partial charge in [0.1, 0.15) is 5.75 Å². The van der Waals surface area contributed by atoms with Gasteiger partial charge in [-0.1, -0.05) is 32.9 Å². The van der Waals surface area contributed by atoms with Crippen LogP contribution in [0.1, 0.15) is 45.6 Å². The zero-order valence-corrected chi connectivity index (χ0v) is 16.1. The number of amides is 1. The minimum Gasteiger partial charge on any atom is -0.497 e. The predicted molar refractivity (Wildman–Crippen MR) is 99.8 cm³/mol. The molecule has 2 rings (SSSR count). The number of rotatable bonds is 6. The molecule has 1 aliphatic heterocycles. The highest BCUT2D eigenvalue weighted by atomic mass is 16.5. The molecule has 2 N–H and O–H groups in total. The van der Waals surface area contributed by atoms with E-state index in [1.54, 1.807) is 7.11 Å². The largest absolute Gasteiger partial charge is 0.497 e. The Bertz CT molecular complexity index is 557. The molecule has 1 amide bonds. The van der Waals surface area contributed by atoms with Crippen molar-refractivity contribution in [1.82, 2.24) is 10.6 Å². The third-order valence-electron chi connectivity index (χ3n) is 4.83. The molecule has 1 saturated heterocycles. The number of hydrogen-bond donors (Lipinski definition) is 2. The van der Waals surface area contributed by atoms with Gasteiger partial charge in [-0.2, -0.15) is 0 Å². The molecule has 1 aromatic rings. The van der Waals surface area contributed by atoms with E-state index in [0.29, 0.717) is 13.2 Å². The Kier molecular flexibility index (Phi) is 6.47. The van der Waals surface area contributed by atoms with E-state index in [1.807, 2.05) is 31.3 Å². The molecule has 5 nitrogen and oxygen atoms in total. The summed E-state index contributed by atoms with van der Waals surface area (Å²) in [6.45, 7) is 7.75. The second kappa shape index (κ2) is 8.19. The second-order valence-corrected chi connectivity index (χ2v) is 8.02. The fourth-order valence-corrected chi connectivity index (χ4v) is 3.38. The van der Waals surface area contributed by atoms with Gasteiger partial charge in [0.25, 0.3) is 0 Å². The maximum atomic E-state index is 13.0. The number of hydrogen-bond acceptors (Lipinski definition) is 4. The molecular weight excluding hydrogens is 316 g/mol. The van der Waals surface area contributed by atoms with Crippen LogP contribution in [0.2, 0.25) is 0 Å². The maximum absolute atomic E-state index is 13.0. The van der Waals surface area contributed by atoms with Crippen LogP contribution in [0.4, 0.5) is 0 Å². The zero-order chi connectivity index (χ0) is 18.5. The second-order valence-electron chi connectivity index (χ2n) is 8.02. The number of benzene rings is 1. The molecule has 1 heterocycles. The first-order chi connectivity index (χ1) is 11.8. The van der Waals surface area contributed by atoms with Gasteiger partial charge in [-0.05, 0) is 49.4 Å². The van der Waals surface area contributed by atoms with Crippen LogP contribution in [0, 0.1) is 5.41 Å². The molecule has 5 heteroatoms. The summed E-state index contributed by atoms with van der Waals surface area (Å²) in [6, 6.07) is 7.77. The molecule has 0 radical (unpaired) electrons. The average molecular weight is 348 g/mol. The molecule has 1 aromatic carbocycles. The first kappa shape index (κ1) is 19.7. The Labute approximate surface area is 151 Å². The molecule has 0 aliphatic carbocycles. The van der Waals surface area contributed by atoms with Crippen molar-refractivity contribution in [3.63, 3.8) is 0 Å². The van der Waals surface area contributed by atoms with E-state index in [9.17, 15) is 4.79 Å². The summed E-state index contributed by atoms with van der Waals surface area (Å²) in [6.07, 6.45) is 2.33. The standard InChI is InChI=1S/C20H32N2O3/c1-19(2,3)14-17(21-4)18(23)22-20(10-12-25-13-11-20)15-6-8-16(24-5)9-7-15/h6-9,17,21H,10-14H2,1-5H3,(H,22,23). The quantitative estimate of drug-likeness (QED) is 0.830. The number of carbonyl (C=O) groups excluding carboxylic acids is 1. The monoisotopic (exact) mass is 348 g/mol. The van der Waals surface area contributed by atoms with Gasteiger partial charge in [-0.25, -0.2) is 0 Å². The summed E-state index contributed by atoms with van der Waals surface area (Å²) < 4.78 is 10.8. The van der Waals surface area contributed by atoms with E-state index in [2.05, 4.69) is 31.4 Å². The molecular formula is C20H32N2O3. The van der Waals surface area contributed by atoms with Crippen LogP contribution in [0.3, 0.4) is 0 Å². The van der Waals surface area contributed by atoms with E-state index >= 15 is 0 Å². The van der Waals surface area contributed by atoms with Crippen molar-refractivity contribution < 1.29 is 14.3 Å². The van der Waals surface area contributed by atoms with Gasteiger partial charge in [0, 0.05) is 13.2 Å². The molecule has 0 aromatic heterocycles. The van der Waals surface area contributed by atoms with Gasteiger partial charge in [0.2, 0.25) is 5.91 Å². The highest BCUT2D eigenvalue weighted by Gasteiger charge is 2.38. The Balaban J connectivity index is 2.22. The van der Waals surface area contributed by atoms with E-state index in [-0.39, 0.29) is 22.9 Å². The topological polar surface area (TPSA) is 59.6 Å². The van der Waals surface area contributed by atoms with Gasteiger partial charge < -0.3 is 20.1 Å². The summed E-state index contributed by atoms with van der Waals surface area (Å²) in [4.78, 5) is 13.0. The Morgan fingerprint density at radius 1 is 1.24 bits per heavy atom. The molecule has 1 aliphatic rings. The number of likely N-dealkylation sites (N-methyl/N-ethyl adjacent to an activating group) is 1. The lowest BCUT2D eigenvalue weighted by Crippen LogP contribution is -2.55. The maximum Gasteiger partial charge on any atom is 0.237 e. The van der Waals surface area contributed by atoms with Crippen molar-refractivity contribution in [2.75, 3.05) is 27.4 Å². The molecule has 0 saturated carbocycles. The minimum absolute atomic E-state index is 0.0511. The van der Waals surface area contributed by atoms with Crippen molar-refractivity contribution in [2.24, 2.45) is 5.41 Å². The van der Waals surface area contributed by atoms with Crippen molar-refractivity contribution in [1.29, 1.82) is 0 Å². The first-order valence-electron chi connectivity index (χ1n) is 9.01. The van der Waals surface area contributed by atoms with Crippen molar-refractivity contribution in [2.45, 2.75) is 51.6 Å². The van der Waals surface area contributed by atoms with Crippen LogP contribution in [0.15, 0.2) is 24.3 Å². The van der Waals surface area contributed by atoms with Gasteiger partial charge >= 0.3 is 0 Å². The van der Waals surface area contributed by atoms with Gasteiger partial charge in [-0.3, -0.25) is 4.79 Å². The van der Waals surface area contributed by atoms with Crippen LogP contribution in [-0.4, -0.2) is 39.3 Å². The lowest BCUT2D eigenvalue weighted by molar-refractivity contribution is -0.127. The average Bonchev–Trinajstić information content (AvgIpc) is 2.59. The fraction of sp³-hybridized carbons (Fsp3) is 0.650. The van der Waals surface area contributed by atoms with Crippen molar-refractivity contribution in [3.8, 4) is 5.75 Å². The molecule has 25 heavy (non-hydrogen) atoms. The van der Waals surface area contributed by atoms with Crippen LogP contribution >= 0.6 is 0 Å². The molecule has 1 fully saturated rings. The third-order valence-corrected chi connectivity index (χ3v) is 4.83. The summed E-state index contributed by atoms with van der Waals surface area (Å²) in [7, 11) is 3.50. The number of nitrogens with one attached hydrogen (secondary N) is 2. The van der Waals surface area contributed by atoms with Gasteiger partial charge in [-0.15, -0.1) is 0 Å². The summed E-state index contributed by atoms with van der Waals surface area (Å²) in [5.41, 5.74) is 0.804. The third kappa shape index (κ3) is 5.19. The van der Waals surface area contributed by atoms with Gasteiger partial charge in [0.15, 0.2) is 0 Å². The fourth-order valence-electron chi connectivity index (χ4n) is 3.38. The normalized spacial score (nSPS) is 18.4. The van der Waals surface area contributed by atoms with Crippen molar-refractivity contribution >= 4 is 5.91 Å². The molecule has 140 valence electrons. The van der Waals surface area contributed by atoms with Crippen molar-refractivity contribution in [3.05, 3.63) is 29.8 Å². The SMILES string of the molecule is CNC(CC(C)(C)C)C(=O)NC1(c2ccc(OC)cc2)CCOCC1. The predicted octanol–water partition coefficient (Wildman–Crippen LogP) is 2.84. The number of ether oxygens (including phenoxy) is 2. The van der Waals surface area contributed by atoms with Crippen LogP contribution < -0.4 is 15.4 Å². The Hall–Kier alpha value is -1.59.